The van der Waals surface area contributed by atoms with Gasteiger partial charge in [-0.05, 0) is 75.4 Å². The zero-order chi connectivity index (χ0) is 26.1. The van der Waals surface area contributed by atoms with Gasteiger partial charge < -0.3 is 9.80 Å². The highest BCUT2D eigenvalue weighted by Crippen LogP contribution is 2.42. The second-order valence-electron chi connectivity index (χ2n) is 11.0. The molecule has 194 valence electrons. The van der Waals surface area contributed by atoms with Crippen LogP contribution in [-0.4, -0.2) is 45.8 Å². The number of aromatic nitrogens is 3. The first-order valence-electron chi connectivity index (χ1n) is 13.9. The van der Waals surface area contributed by atoms with Crippen molar-refractivity contribution in [3.05, 3.63) is 113 Å². The minimum absolute atomic E-state index is 0.215. The van der Waals surface area contributed by atoms with Crippen LogP contribution >= 0.6 is 0 Å². The molecule has 6 rings (SSSR count). The van der Waals surface area contributed by atoms with Crippen molar-refractivity contribution < 1.29 is 0 Å². The summed E-state index contributed by atoms with van der Waals surface area (Å²) in [5.41, 5.74) is 7.91. The van der Waals surface area contributed by atoms with E-state index in [4.69, 9.17) is 0 Å². The van der Waals surface area contributed by atoms with Crippen molar-refractivity contribution in [2.24, 2.45) is 0 Å². The molecule has 0 aliphatic carbocycles. The normalized spacial score (nSPS) is 16.7. The van der Waals surface area contributed by atoms with Gasteiger partial charge in [0, 0.05) is 19.6 Å². The zero-order valence-electron chi connectivity index (χ0n) is 22.8. The second kappa shape index (κ2) is 10.2. The Morgan fingerprint density at radius 2 is 1.32 bits per heavy atom. The van der Waals surface area contributed by atoms with E-state index in [1.807, 2.05) is 6.92 Å². The fourth-order valence-electron chi connectivity index (χ4n) is 6.28. The Balaban J connectivity index is 1.15. The van der Waals surface area contributed by atoms with Crippen molar-refractivity contribution in [3.63, 3.8) is 0 Å². The molecule has 1 fully saturated rings. The van der Waals surface area contributed by atoms with E-state index in [-0.39, 0.29) is 5.54 Å². The molecule has 0 bridgehead atoms. The van der Waals surface area contributed by atoms with Gasteiger partial charge in [-0.1, -0.05) is 78.4 Å². The number of hydrogen-bond donors (Lipinski definition) is 0. The Bertz CT molecular complexity index is 1380. The van der Waals surface area contributed by atoms with Crippen molar-refractivity contribution in [1.29, 1.82) is 0 Å². The molecule has 38 heavy (non-hydrogen) atoms. The molecule has 0 radical (unpaired) electrons. The van der Waals surface area contributed by atoms with Crippen LogP contribution < -0.4 is 4.90 Å². The van der Waals surface area contributed by atoms with Gasteiger partial charge in [-0.3, -0.25) is 4.57 Å². The number of aryl methyl sites for hydroxylation is 1. The number of fused-ring (bicyclic) bond motifs is 3. The van der Waals surface area contributed by atoms with Crippen molar-refractivity contribution >= 4 is 11.3 Å². The van der Waals surface area contributed by atoms with Crippen LogP contribution in [0.2, 0.25) is 0 Å². The first-order chi connectivity index (χ1) is 18.5. The SMILES string of the molecule is Cc1nnc2n1-c1ccccc1N(CCCN1CCC(=C(c3ccccc3)c3ccccc3)CC1)C2(C)C. The third kappa shape index (κ3) is 4.45. The molecule has 4 aromatic rings. The number of nitrogens with zero attached hydrogens (tertiary/aromatic N) is 5. The van der Waals surface area contributed by atoms with Crippen LogP contribution in [0.1, 0.15) is 55.9 Å². The van der Waals surface area contributed by atoms with Crippen LogP contribution in [0.15, 0.2) is 90.5 Å². The summed E-state index contributed by atoms with van der Waals surface area (Å²) in [6, 6.07) is 30.5. The van der Waals surface area contributed by atoms with Crippen LogP contribution in [0.3, 0.4) is 0 Å². The van der Waals surface area contributed by atoms with E-state index in [1.165, 1.54) is 28.1 Å². The molecule has 3 heterocycles. The molecular weight excluding hydrogens is 466 g/mol. The molecule has 0 saturated carbocycles. The Labute approximate surface area is 226 Å². The predicted octanol–water partition coefficient (Wildman–Crippen LogP) is 6.62. The summed E-state index contributed by atoms with van der Waals surface area (Å²) in [4.78, 5) is 5.18. The maximum atomic E-state index is 4.59. The number of hydrogen-bond acceptors (Lipinski definition) is 4. The average molecular weight is 504 g/mol. The van der Waals surface area contributed by atoms with Gasteiger partial charge in [-0.25, -0.2) is 0 Å². The van der Waals surface area contributed by atoms with E-state index in [9.17, 15) is 0 Å². The van der Waals surface area contributed by atoms with Gasteiger partial charge in [0.15, 0.2) is 5.82 Å². The standard InChI is InChI=1S/C33H37N5/c1-25-34-35-32-33(2,3)37(29-17-10-11-18-30(29)38(25)32)22-12-21-36-23-19-28(20-24-36)31(26-13-6-4-7-14-26)27-15-8-5-9-16-27/h4-11,13-18H,12,19-24H2,1-3H3. The maximum Gasteiger partial charge on any atom is 0.163 e. The van der Waals surface area contributed by atoms with Crippen LogP contribution in [0.25, 0.3) is 11.3 Å². The molecule has 5 heteroatoms. The van der Waals surface area contributed by atoms with E-state index < -0.39 is 0 Å². The molecule has 3 aromatic carbocycles. The van der Waals surface area contributed by atoms with Crippen LogP contribution in [0, 0.1) is 6.92 Å². The Morgan fingerprint density at radius 3 is 1.95 bits per heavy atom. The number of likely N-dealkylation sites (tertiary alicyclic amines) is 1. The topological polar surface area (TPSA) is 37.2 Å². The minimum Gasteiger partial charge on any atom is -0.357 e. The summed E-state index contributed by atoms with van der Waals surface area (Å²) in [5, 5.41) is 9.01. The number of anilines is 1. The Morgan fingerprint density at radius 1 is 0.737 bits per heavy atom. The highest BCUT2D eigenvalue weighted by atomic mass is 15.4. The van der Waals surface area contributed by atoms with E-state index in [0.717, 1.165) is 57.1 Å². The first kappa shape index (κ1) is 24.6. The van der Waals surface area contributed by atoms with Crippen molar-refractivity contribution in [2.45, 2.75) is 45.6 Å². The third-order valence-electron chi connectivity index (χ3n) is 8.25. The lowest BCUT2D eigenvalue weighted by atomic mass is 9.88. The fraction of sp³-hybridized carbons (Fsp3) is 0.333. The quantitative estimate of drug-likeness (QED) is 0.296. The van der Waals surface area contributed by atoms with E-state index in [0.29, 0.717) is 0 Å². The number of para-hydroxylation sites is 2. The molecule has 2 aliphatic heterocycles. The van der Waals surface area contributed by atoms with Gasteiger partial charge in [-0.15, -0.1) is 10.2 Å². The first-order valence-corrected chi connectivity index (χ1v) is 13.9. The summed E-state index contributed by atoms with van der Waals surface area (Å²) >= 11 is 0. The van der Waals surface area contributed by atoms with E-state index >= 15 is 0 Å². The van der Waals surface area contributed by atoms with Gasteiger partial charge in [0.05, 0.1) is 16.9 Å². The molecule has 1 saturated heterocycles. The molecule has 2 aliphatic rings. The molecule has 0 unspecified atom stereocenters. The van der Waals surface area contributed by atoms with Crippen LogP contribution in [-0.2, 0) is 5.54 Å². The molecule has 0 spiro atoms. The van der Waals surface area contributed by atoms with Gasteiger partial charge in [-0.2, -0.15) is 0 Å². The monoisotopic (exact) mass is 503 g/mol. The summed E-state index contributed by atoms with van der Waals surface area (Å²) in [6.07, 6.45) is 3.37. The lowest BCUT2D eigenvalue weighted by molar-refractivity contribution is 0.252. The number of rotatable bonds is 6. The van der Waals surface area contributed by atoms with Crippen molar-refractivity contribution in [2.75, 3.05) is 31.1 Å². The molecule has 1 aromatic heterocycles. The molecule has 5 nitrogen and oxygen atoms in total. The fourth-order valence-corrected chi connectivity index (χ4v) is 6.28. The average Bonchev–Trinajstić information content (AvgIpc) is 3.35. The highest BCUT2D eigenvalue weighted by molar-refractivity contribution is 5.82. The highest BCUT2D eigenvalue weighted by Gasteiger charge is 2.40. The maximum absolute atomic E-state index is 4.59. The lowest BCUT2D eigenvalue weighted by Crippen LogP contribution is -2.48. The molecule has 0 N–H and O–H groups in total. The summed E-state index contributed by atoms with van der Waals surface area (Å²) in [6.45, 7) is 10.9. The second-order valence-corrected chi connectivity index (χ2v) is 11.0. The van der Waals surface area contributed by atoms with Gasteiger partial charge in [0.2, 0.25) is 0 Å². The van der Waals surface area contributed by atoms with Gasteiger partial charge >= 0.3 is 0 Å². The van der Waals surface area contributed by atoms with Gasteiger partial charge in [0.1, 0.15) is 5.82 Å². The zero-order valence-corrected chi connectivity index (χ0v) is 22.8. The smallest absolute Gasteiger partial charge is 0.163 e. The van der Waals surface area contributed by atoms with Crippen LogP contribution in [0.4, 0.5) is 5.69 Å². The summed E-state index contributed by atoms with van der Waals surface area (Å²) in [5.74, 6) is 1.97. The van der Waals surface area contributed by atoms with E-state index in [2.05, 4.69) is 123 Å². The third-order valence-corrected chi connectivity index (χ3v) is 8.25. The summed E-state index contributed by atoms with van der Waals surface area (Å²) < 4.78 is 2.22. The number of benzene rings is 3. The van der Waals surface area contributed by atoms with Crippen LogP contribution in [0.5, 0.6) is 0 Å². The van der Waals surface area contributed by atoms with E-state index in [1.54, 1.807) is 5.57 Å². The largest absolute Gasteiger partial charge is 0.357 e. The van der Waals surface area contributed by atoms with Gasteiger partial charge in [0.25, 0.3) is 0 Å². The van der Waals surface area contributed by atoms with Crippen molar-refractivity contribution in [3.8, 4) is 5.69 Å². The minimum atomic E-state index is -0.215. The predicted molar refractivity (Wildman–Crippen MR) is 156 cm³/mol. The molecule has 0 amide bonds. The Hall–Kier alpha value is -3.70. The molecule has 0 atom stereocenters. The van der Waals surface area contributed by atoms with Crippen molar-refractivity contribution in [1.82, 2.24) is 19.7 Å². The summed E-state index contributed by atoms with van der Waals surface area (Å²) in [7, 11) is 0. The number of piperidine rings is 1. The molecular formula is C33H37N5. The Kier molecular flexibility index (Phi) is 6.62. The lowest BCUT2D eigenvalue weighted by Gasteiger charge is -2.44.